The molecule has 25 heavy (non-hydrogen) atoms. The van der Waals surface area contributed by atoms with Crippen LogP contribution in [0.2, 0.25) is 0 Å². The number of hydrogen-bond acceptors (Lipinski definition) is 4. The maximum Gasteiger partial charge on any atom is 0.387 e. The van der Waals surface area contributed by atoms with Gasteiger partial charge in [-0.25, -0.2) is 0 Å². The van der Waals surface area contributed by atoms with Crippen LogP contribution in [-0.2, 0) is 0 Å². The van der Waals surface area contributed by atoms with Gasteiger partial charge in [0.1, 0.15) is 5.75 Å². The molecule has 0 spiro atoms. The van der Waals surface area contributed by atoms with E-state index in [0.717, 1.165) is 11.3 Å². The fourth-order valence-corrected chi connectivity index (χ4v) is 2.12. The van der Waals surface area contributed by atoms with E-state index >= 15 is 0 Å². The fraction of sp³-hybridized carbons (Fsp3) is 0.211. The number of methoxy groups -OCH3 is 1. The molecule has 0 aromatic heterocycles. The van der Waals surface area contributed by atoms with Crippen molar-refractivity contribution >= 4 is 11.9 Å². The van der Waals surface area contributed by atoms with Gasteiger partial charge in [-0.05, 0) is 48.9 Å². The van der Waals surface area contributed by atoms with Crippen LogP contribution in [0.5, 0.6) is 17.2 Å². The second-order valence-corrected chi connectivity index (χ2v) is 4.94. The number of benzene rings is 2. The molecule has 0 atom stereocenters. The standard InChI is InChI=1S/C19H18F2O4/c1-3-24-15-8-4-13(5-9-15)6-10-16(22)14-7-11-17(25-19(20)21)18(12-14)23-2/h4-12,19H,3H2,1-2H3/b10-6+. The van der Waals surface area contributed by atoms with Crippen molar-refractivity contribution in [2.75, 3.05) is 13.7 Å². The highest BCUT2D eigenvalue weighted by molar-refractivity contribution is 6.07. The lowest BCUT2D eigenvalue weighted by atomic mass is 10.1. The zero-order chi connectivity index (χ0) is 18.2. The van der Waals surface area contributed by atoms with E-state index in [1.54, 1.807) is 6.08 Å². The van der Waals surface area contributed by atoms with Crippen LogP contribution in [0.1, 0.15) is 22.8 Å². The molecule has 4 nitrogen and oxygen atoms in total. The summed E-state index contributed by atoms with van der Waals surface area (Å²) in [5.41, 5.74) is 1.14. The van der Waals surface area contributed by atoms with Crippen LogP contribution in [-0.4, -0.2) is 26.1 Å². The number of halogens is 2. The molecule has 0 aliphatic rings. The lowest BCUT2D eigenvalue weighted by Crippen LogP contribution is -2.04. The van der Waals surface area contributed by atoms with Gasteiger partial charge in [-0.15, -0.1) is 0 Å². The van der Waals surface area contributed by atoms with E-state index in [0.29, 0.717) is 12.2 Å². The Balaban J connectivity index is 2.11. The van der Waals surface area contributed by atoms with Gasteiger partial charge in [-0.2, -0.15) is 8.78 Å². The number of hydrogen-bond donors (Lipinski definition) is 0. The number of allylic oxidation sites excluding steroid dienone is 1. The summed E-state index contributed by atoms with van der Waals surface area (Å²) in [7, 11) is 1.32. The summed E-state index contributed by atoms with van der Waals surface area (Å²) in [5.74, 6) is 0.422. The van der Waals surface area contributed by atoms with Gasteiger partial charge in [-0.1, -0.05) is 18.2 Å². The summed E-state index contributed by atoms with van der Waals surface area (Å²) in [4.78, 5) is 12.2. The second kappa shape index (κ2) is 8.82. The predicted octanol–water partition coefficient (Wildman–Crippen LogP) is 4.59. The summed E-state index contributed by atoms with van der Waals surface area (Å²) in [6.07, 6.45) is 3.06. The molecule has 0 heterocycles. The van der Waals surface area contributed by atoms with Crippen LogP contribution in [0.4, 0.5) is 8.78 Å². The molecule has 132 valence electrons. The quantitative estimate of drug-likeness (QED) is 0.517. The maximum atomic E-state index is 12.3. The largest absolute Gasteiger partial charge is 0.494 e. The van der Waals surface area contributed by atoms with Crippen molar-refractivity contribution in [3.63, 3.8) is 0 Å². The molecule has 0 fully saturated rings. The van der Waals surface area contributed by atoms with Crippen LogP contribution >= 0.6 is 0 Å². The molecular formula is C19H18F2O4. The van der Waals surface area contributed by atoms with Gasteiger partial charge in [0.25, 0.3) is 0 Å². The molecule has 0 saturated carbocycles. The maximum absolute atomic E-state index is 12.3. The summed E-state index contributed by atoms with van der Waals surface area (Å²) < 4.78 is 39.3. The molecule has 0 unspecified atom stereocenters. The fourth-order valence-electron chi connectivity index (χ4n) is 2.12. The van der Waals surface area contributed by atoms with Gasteiger partial charge < -0.3 is 14.2 Å². The Labute approximate surface area is 144 Å². The van der Waals surface area contributed by atoms with E-state index in [9.17, 15) is 13.6 Å². The Morgan fingerprint density at radius 1 is 1.12 bits per heavy atom. The first-order chi connectivity index (χ1) is 12.0. The van der Waals surface area contributed by atoms with Crippen molar-refractivity contribution in [3.8, 4) is 17.2 Å². The smallest absolute Gasteiger partial charge is 0.387 e. The number of carbonyl (C=O) groups is 1. The molecule has 2 aromatic carbocycles. The summed E-state index contributed by atoms with van der Waals surface area (Å²) in [6.45, 7) is -0.478. The number of ether oxygens (including phenoxy) is 3. The van der Waals surface area contributed by atoms with Crippen LogP contribution < -0.4 is 14.2 Å². The Morgan fingerprint density at radius 2 is 1.84 bits per heavy atom. The first-order valence-corrected chi connectivity index (χ1v) is 7.61. The highest BCUT2D eigenvalue weighted by Gasteiger charge is 2.13. The van der Waals surface area contributed by atoms with E-state index in [2.05, 4.69) is 4.74 Å². The SMILES string of the molecule is CCOc1ccc(/C=C/C(=O)c2ccc(OC(F)F)c(OC)c2)cc1. The van der Waals surface area contributed by atoms with Gasteiger partial charge in [0.15, 0.2) is 17.3 Å². The molecule has 0 bridgehead atoms. The van der Waals surface area contributed by atoms with E-state index in [1.807, 2.05) is 31.2 Å². The third-order valence-electron chi connectivity index (χ3n) is 3.28. The highest BCUT2D eigenvalue weighted by atomic mass is 19.3. The number of alkyl halides is 2. The van der Waals surface area contributed by atoms with E-state index < -0.39 is 6.61 Å². The molecule has 0 amide bonds. The normalized spacial score (nSPS) is 10.9. The average molecular weight is 348 g/mol. The molecule has 0 saturated heterocycles. The van der Waals surface area contributed by atoms with Gasteiger partial charge in [0.2, 0.25) is 0 Å². The molecule has 2 aromatic rings. The van der Waals surface area contributed by atoms with Crippen LogP contribution in [0.15, 0.2) is 48.5 Å². The lowest BCUT2D eigenvalue weighted by molar-refractivity contribution is -0.0512. The monoisotopic (exact) mass is 348 g/mol. The summed E-state index contributed by atoms with van der Waals surface area (Å²) in [5, 5.41) is 0. The second-order valence-electron chi connectivity index (χ2n) is 4.94. The predicted molar refractivity (Wildman–Crippen MR) is 90.6 cm³/mol. The molecular weight excluding hydrogens is 330 g/mol. The Hall–Kier alpha value is -2.89. The van der Waals surface area contributed by atoms with Crippen LogP contribution in [0, 0.1) is 0 Å². The Bertz CT molecular complexity index is 740. The van der Waals surface area contributed by atoms with Gasteiger partial charge in [0.05, 0.1) is 13.7 Å². The molecule has 2 rings (SSSR count). The van der Waals surface area contributed by atoms with Crippen molar-refractivity contribution in [1.29, 1.82) is 0 Å². The first kappa shape index (κ1) is 18.4. The summed E-state index contributed by atoms with van der Waals surface area (Å²) in [6, 6.07) is 11.3. The number of rotatable bonds is 8. The van der Waals surface area contributed by atoms with E-state index in [-0.39, 0.29) is 17.3 Å². The van der Waals surface area contributed by atoms with Gasteiger partial charge in [-0.3, -0.25) is 4.79 Å². The first-order valence-electron chi connectivity index (χ1n) is 7.61. The molecule has 0 aliphatic carbocycles. The molecule has 0 aliphatic heterocycles. The van der Waals surface area contributed by atoms with Gasteiger partial charge >= 0.3 is 6.61 Å². The zero-order valence-corrected chi connectivity index (χ0v) is 13.9. The van der Waals surface area contributed by atoms with Crippen molar-refractivity contribution in [2.45, 2.75) is 13.5 Å². The molecule has 0 radical (unpaired) electrons. The number of ketones is 1. The van der Waals surface area contributed by atoms with Crippen molar-refractivity contribution in [2.24, 2.45) is 0 Å². The van der Waals surface area contributed by atoms with Crippen molar-refractivity contribution < 1.29 is 27.8 Å². The third-order valence-corrected chi connectivity index (χ3v) is 3.28. The summed E-state index contributed by atoms with van der Waals surface area (Å²) >= 11 is 0. The van der Waals surface area contributed by atoms with Crippen molar-refractivity contribution in [3.05, 3.63) is 59.7 Å². The molecule has 6 heteroatoms. The molecule has 0 N–H and O–H groups in total. The van der Waals surface area contributed by atoms with Crippen LogP contribution in [0.3, 0.4) is 0 Å². The van der Waals surface area contributed by atoms with E-state index in [4.69, 9.17) is 9.47 Å². The minimum absolute atomic E-state index is 0.0700. The topological polar surface area (TPSA) is 44.8 Å². The van der Waals surface area contributed by atoms with E-state index in [1.165, 1.54) is 31.4 Å². The third kappa shape index (κ3) is 5.31. The Morgan fingerprint density at radius 3 is 2.44 bits per heavy atom. The minimum Gasteiger partial charge on any atom is -0.494 e. The van der Waals surface area contributed by atoms with Gasteiger partial charge in [0, 0.05) is 5.56 Å². The average Bonchev–Trinajstić information content (AvgIpc) is 2.61. The zero-order valence-electron chi connectivity index (χ0n) is 13.9. The lowest BCUT2D eigenvalue weighted by Gasteiger charge is -2.10. The van der Waals surface area contributed by atoms with Crippen LogP contribution in [0.25, 0.3) is 6.08 Å². The Kier molecular flexibility index (Phi) is 6.51. The number of carbonyl (C=O) groups excluding carboxylic acids is 1. The minimum atomic E-state index is -2.96. The highest BCUT2D eigenvalue weighted by Crippen LogP contribution is 2.29. The van der Waals surface area contributed by atoms with Crippen molar-refractivity contribution in [1.82, 2.24) is 0 Å².